The molecule has 0 saturated carbocycles. The van der Waals surface area contributed by atoms with Crippen LogP contribution in [0.25, 0.3) is 0 Å². The van der Waals surface area contributed by atoms with Gasteiger partial charge in [-0.3, -0.25) is 4.79 Å². The van der Waals surface area contributed by atoms with Gasteiger partial charge in [0.25, 0.3) is 5.91 Å². The quantitative estimate of drug-likeness (QED) is 0.859. The second-order valence-electron chi connectivity index (χ2n) is 5.11. The fourth-order valence-electron chi connectivity index (χ4n) is 2.38. The largest absolute Gasteiger partial charge is 0.379 e. The van der Waals surface area contributed by atoms with Gasteiger partial charge in [-0.15, -0.1) is 0 Å². The van der Waals surface area contributed by atoms with E-state index in [2.05, 4.69) is 5.32 Å². The highest BCUT2D eigenvalue weighted by Crippen LogP contribution is 2.18. The van der Waals surface area contributed by atoms with Gasteiger partial charge in [0, 0.05) is 12.2 Å². The van der Waals surface area contributed by atoms with Gasteiger partial charge in [-0.05, 0) is 37.0 Å². The second kappa shape index (κ2) is 6.55. The van der Waals surface area contributed by atoms with Crippen molar-refractivity contribution < 1.29 is 17.9 Å². The van der Waals surface area contributed by atoms with Crippen molar-refractivity contribution in [3.05, 3.63) is 29.3 Å². The Balaban J connectivity index is 2.21. The van der Waals surface area contributed by atoms with Crippen molar-refractivity contribution in [2.75, 3.05) is 13.2 Å². The van der Waals surface area contributed by atoms with Crippen LogP contribution in [0.5, 0.6) is 0 Å². The maximum Gasteiger partial charge on any atom is 0.251 e. The minimum absolute atomic E-state index is 0.0116. The molecule has 1 unspecified atom stereocenters. The van der Waals surface area contributed by atoms with E-state index in [0.29, 0.717) is 30.8 Å². The zero-order valence-corrected chi connectivity index (χ0v) is 12.8. The molecule has 0 spiro atoms. The Kier molecular flexibility index (Phi) is 4.97. The molecule has 1 heterocycles. The number of hydrogen-bond acceptors (Lipinski definition) is 4. The van der Waals surface area contributed by atoms with Crippen LogP contribution >= 0.6 is 0 Å². The third kappa shape index (κ3) is 4.03. The summed E-state index contributed by atoms with van der Waals surface area (Å²) in [6, 6.07) is 4.56. The van der Waals surface area contributed by atoms with Crippen LogP contribution in [0, 0.1) is 0 Å². The lowest BCUT2D eigenvalue weighted by Gasteiger charge is -2.23. The second-order valence-corrected chi connectivity index (χ2v) is 6.64. The minimum Gasteiger partial charge on any atom is -0.379 e. The Hall–Kier alpha value is -1.44. The van der Waals surface area contributed by atoms with Crippen molar-refractivity contribution in [1.29, 1.82) is 0 Å². The van der Waals surface area contributed by atoms with E-state index in [1.165, 1.54) is 6.07 Å². The molecule has 1 atom stereocenters. The summed E-state index contributed by atoms with van der Waals surface area (Å²) >= 11 is 0. The molecular weight excluding hydrogens is 292 g/mol. The maximum atomic E-state index is 12.2. The van der Waals surface area contributed by atoms with E-state index in [1.807, 2.05) is 6.92 Å². The first-order valence-corrected chi connectivity index (χ1v) is 8.50. The van der Waals surface area contributed by atoms with E-state index in [9.17, 15) is 13.2 Å². The number of sulfonamides is 1. The van der Waals surface area contributed by atoms with E-state index < -0.39 is 10.0 Å². The number of hydrogen-bond donors (Lipinski definition) is 2. The molecule has 1 aromatic carbocycles. The van der Waals surface area contributed by atoms with Gasteiger partial charge >= 0.3 is 0 Å². The van der Waals surface area contributed by atoms with E-state index >= 15 is 0 Å². The third-order valence-corrected chi connectivity index (χ3v) is 4.51. The highest BCUT2D eigenvalue weighted by atomic mass is 32.2. The predicted octanol–water partition coefficient (Wildman–Crippen LogP) is 0.805. The van der Waals surface area contributed by atoms with Crippen LogP contribution in [0.4, 0.5) is 0 Å². The number of amides is 1. The minimum atomic E-state index is -3.84. The Bertz CT molecular complexity index is 622. The molecule has 1 fully saturated rings. The van der Waals surface area contributed by atoms with Gasteiger partial charge in [-0.1, -0.05) is 13.0 Å². The van der Waals surface area contributed by atoms with Gasteiger partial charge in [0.15, 0.2) is 0 Å². The van der Waals surface area contributed by atoms with E-state index in [-0.39, 0.29) is 16.8 Å². The van der Waals surface area contributed by atoms with Crippen LogP contribution in [0.3, 0.4) is 0 Å². The summed E-state index contributed by atoms with van der Waals surface area (Å²) in [4.78, 5) is 12.2. The lowest BCUT2D eigenvalue weighted by Crippen LogP contribution is -2.40. The molecule has 1 saturated heterocycles. The molecule has 0 bridgehead atoms. The number of ether oxygens (including phenoxy) is 1. The average Bonchev–Trinajstić information content (AvgIpc) is 2.46. The highest BCUT2D eigenvalue weighted by molar-refractivity contribution is 7.89. The topological polar surface area (TPSA) is 98.5 Å². The van der Waals surface area contributed by atoms with Crippen LogP contribution in [-0.4, -0.2) is 33.6 Å². The predicted molar refractivity (Wildman–Crippen MR) is 78.5 cm³/mol. The Morgan fingerprint density at radius 1 is 1.48 bits per heavy atom. The number of aryl methyl sites for hydroxylation is 1. The van der Waals surface area contributed by atoms with Crippen LogP contribution in [0.1, 0.15) is 35.7 Å². The fraction of sp³-hybridized carbons (Fsp3) is 0.500. The number of carbonyl (C=O) groups is 1. The molecule has 1 amide bonds. The van der Waals surface area contributed by atoms with Gasteiger partial charge in [-0.2, -0.15) is 0 Å². The lowest BCUT2D eigenvalue weighted by molar-refractivity contribution is 0.0624. The lowest BCUT2D eigenvalue weighted by atomic mass is 10.1. The molecule has 2 rings (SSSR count). The van der Waals surface area contributed by atoms with Gasteiger partial charge in [0.1, 0.15) is 0 Å². The van der Waals surface area contributed by atoms with E-state index in [4.69, 9.17) is 9.88 Å². The van der Waals surface area contributed by atoms with Crippen molar-refractivity contribution in [1.82, 2.24) is 5.32 Å². The average molecular weight is 312 g/mol. The van der Waals surface area contributed by atoms with Crippen LogP contribution in [0.15, 0.2) is 23.1 Å². The van der Waals surface area contributed by atoms with Crippen LogP contribution < -0.4 is 10.5 Å². The molecule has 6 nitrogen and oxygen atoms in total. The summed E-state index contributed by atoms with van der Waals surface area (Å²) in [6.07, 6.45) is 2.30. The van der Waals surface area contributed by atoms with Gasteiger partial charge in [-0.25, -0.2) is 13.6 Å². The highest BCUT2D eigenvalue weighted by Gasteiger charge is 2.20. The molecule has 1 aliphatic rings. The summed E-state index contributed by atoms with van der Waals surface area (Å²) in [5, 5.41) is 8.06. The zero-order chi connectivity index (χ0) is 15.5. The summed E-state index contributed by atoms with van der Waals surface area (Å²) < 4.78 is 28.5. The van der Waals surface area contributed by atoms with Gasteiger partial charge in [0.05, 0.1) is 17.5 Å². The number of carbonyl (C=O) groups excluding carboxylic acids is 1. The van der Waals surface area contributed by atoms with Crippen molar-refractivity contribution in [2.45, 2.75) is 37.1 Å². The molecule has 3 N–H and O–H groups in total. The normalized spacial score (nSPS) is 19.2. The summed E-state index contributed by atoms with van der Waals surface area (Å²) in [5.74, 6) is -0.307. The smallest absolute Gasteiger partial charge is 0.251 e. The first-order valence-electron chi connectivity index (χ1n) is 6.96. The number of nitrogens with two attached hydrogens (primary N) is 1. The molecule has 0 aliphatic carbocycles. The molecule has 116 valence electrons. The van der Waals surface area contributed by atoms with Crippen molar-refractivity contribution >= 4 is 15.9 Å². The summed E-state index contributed by atoms with van der Waals surface area (Å²) in [7, 11) is -3.84. The van der Waals surface area contributed by atoms with E-state index in [0.717, 1.165) is 12.8 Å². The maximum absolute atomic E-state index is 12.2. The number of rotatable bonds is 4. The fourth-order valence-corrected chi connectivity index (χ4v) is 3.25. The Labute approximate surface area is 124 Å². The molecule has 7 heteroatoms. The Morgan fingerprint density at radius 3 is 2.81 bits per heavy atom. The van der Waals surface area contributed by atoms with Crippen molar-refractivity contribution in [3.63, 3.8) is 0 Å². The molecule has 0 radical (unpaired) electrons. The zero-order valence-electron chi connectivity index (χ0n) is 12.0. The monoisotopic (exact) mass is 312 g/mol. The number of primary sulfonamides is 1. The van der Waals surface area contributed by atoms with E-state index in [1.54, 1.807) is 12.1 Å². The number of nitrogens with one attached hydrogen (secondary N) is 1. The van der Waals surface area contributed by atoms with Gasteiger partial charge < -0.3 is 10.1 Å². The molecule has 0 aromatic heterocycles. The molecule has 21 heavy (non-hydrogen) atoms. The third-order valence-electron chi connectivity index (χ3n) is 3.51. The Morgan fingerprint density at radius 2 is 2.24 bits per heavy atom. The summed E-state index contributed by atoms with van der Waals surface area (Å²) in [6.45, 7) is 3.04. The molecule has 1 aliphatic heterocycles. The summed E-state index contributed by atoms with van der Waals surface area (Å²) in [5.41, 5.74) is 0.900. The standard InChI is InChI=1S/C14H20N2O4S/c1-2-10-5-6-11(8-13(10)21(15,18)19)14(17)16-12-4-3-7-20-9-12/h5-6,8,12H,2-4,7,9H2,1H3,(H,16,17)(H2,15,18,19). The first-order chi connectivity index (χ1) is 9.91. The number of benzene rings is 1. The van der Waals surface area contributed by atoms with Crippen LogP contribution in [0.2, 0.25) is 0 Å². The first kappa shape index (κ1) is 15.9. The molecular formula is C14H20N2O4S. The SMILES string of the molecule is CCc1ccc(C(=O)NC2CCCOC2)cc1S(N)(=O)=O. The van der Waals surface area contributed by atoms with Crippen molar-refractivity contribution in [3.8, 4) is 0 Å². The van der Waals surface area contributed by atoms with Crippen LogP contribution in [-0.2, 0) is 21.2 Å². The van der Waals surface area contributed by atoms with Crippen molar-refractivity contribution in [2.24, 2.45) is 5.14 Å². The molecule has 1 aromatic rings. The van der Waals surface area contributed by atoms with Gasteiger partial charge in [0.2, 0.25) is 10.0 Å².